The minimum atomic E-state index is -0.714. The monoisotopic (exact) mass is 462 g/mol. The Kier molecular flexibility index (Phi) is 7.77. The molecule has 0 unspecified atom stereocenters. The highest BCUT2D eigenvalue weighted by Crippen LogP contribution is 2.39. The Morgan fingerprint density at radius 3 is 2.77 bits per heavy atom. The number of amides is 1. The van der Waals surface area contributed by atoms with Crippen LogP contribution in [-0.4, -0.2) is 31.7 Å². The molecule has 1 aliphatic carbocycles. The Morgan fingerprint density at radius 1 is 1.26 bits per heavy atom. The molecular formula is C22H23ClN2O5S. The molecule has 0 saturated heterocycles. The molecule has 0 radical (unpaired) electrons. The van der Waals surface area contributed by atoms with Crippen LogP contribution in [0.5, 0.6) is 11.5 Å². The summed E-state index contributed by atoms with van der Waals surface area (Å²) >= 11 is 7.68. The molecule has 7 nitrogen and oxygen atoms in total. The Morgan fingerprint density at radius 2 is 2.06 bits per heavy atom. The first-order valence-corrected chi connectivity index (χ1v) is 11.3. The number of nitrogens with zero attached hydrogens (tertiary/aromatic N) is 1. The van der Waals surface area contributed by atoms with Gasteiger partial charge in [-0.1, -0.05) is 18.5 Å². The Balaban J connectivity index is 1.65. The minimum absolute atomic E-state index is 0.151. The zero-order chi connectivity index (χ0) is 22.4. The number of esters is 1. The molecule has 1 aliphatic rings. The largest absolute Gasteiger partial charge is 0.490 e. The number of carbonyl (C=O) groups is 2. The number of hydrogen-bond donors (Lipinski definition) is 1. The maximum absolute atomic E-state index is 12.5. The molecule has 164 valence electrons. The van der Waals surface area contributed by atoms with Gasteiger partial charge in [0.1, 0.15) is 11.1 Å². The molecule has 2 aromatic rings. The van der Waals surface area contributed by atoms with Crippen molar-refractivity contribution in [3.05, 3.63) is 38.7 Å². The molecule has 0 spiro atoms. The molecule has 0 fully saturated rings. The van der Waals surface area contributed by atoms with Crippen LogP contribution >= 0.6 is 22.9 Å². The van der Waals surface area contributed by atoms with Gasteiger partial charge in [-0.3, -0.25) is 4.79 Å². The summed E-state index contributed by atoms with van der Waals surface area (Å²) in [7, 11) is 0. The molecule has 0 atom stereocenters. The highest BCUT2D eigenvalue weighted by molar-refractivity contribution is 7.16. The van der Waals surface area contributed by atoms with Crippen molar-refractivity contribution in [2.45, 2.75) is 39.5 Å². The van der Waals surface area contributed by atoms with E-state index in [1.807, 2.05) is 13.8 Å². The number of nitrogens with one attached hydrogen (secondary N) is 1. The number of nitriles is 1. The number of anilines is 1. The molecule has 1 amide bonds. The lowest BCUT2D eigenvalue weighted by molar-refractivity contribution is -0.119. The zero-order valence-corrected chi connectivity index (χ0v) is 19.0. The van der Waals surface area contributed by atoms with Gasteiger partial charge >= 0.3 is 5.97 Å². The number of fused-ring (bicyclic) bond motifs is 1. The zero-order valence-electron chi connectivity index (χ0n) is 17.4. The van der Waals surface area contributed by atoms with Gasteiger partial charge in [-0.2, -0.15) is 5.26 Å². The highest BCUT2D eigenvalue weighted by atomic mass is 35.5. The van der Waals surface area contributed by atoms with Gasteiger partial charge in [-0.05, 0) is 50.3 Å². The number of ether oxygens (including phenoxy) is 3. The third-order valence-electron chi connectivity index (χ3n) is 4.62. The van der Waals surface area contributed by atoms with Crippen molar-refractivity contribution >= 4 is 39.8 Å². The predicted octanol–water partition coefficient (Wildman–Crippen LogP) is 4.74. The van der Waals surface area contributed by atoms with Gasteiger partial charge in [0, 0.05) is 4.88 Å². The summed E-state index contributed by atoms with van der Waals surface area (Å²) in [5.74, 6) is -0.515. The van der Waals surface area contributed by atoms with E-state index in [2.05, 4.69) is 11.4 Å². The number of benzene rings is 1. The molecule has 0 bridgehead atoms. The van der Waals surface area contributed by atoms with Crippen molar-refractivity contribution in [1.82, 2.24) is 0 Å². The highest BCUT2D eigenvalue weighted by Gasteiger charge is 2.24. The average molecular weight is 463 g/mol. The van der Waals surface area contributed by atoms with Crippen LogP contribution in [0.3, 0.4) is 0 Å². The van der Waals surface area contributed by atoms with E-state index in [9.17, 15) is 14.9 Å². The number of thiophene rings is 1. The second-order valence-electron chi connectivity index (χ2n) is 6.86. The Bertz CT molecular complexity index is 1030. The van der Waals surface area contributed by atoms with Gasteiger partial charge in [0.15, 0.2) is 18.1 Å². The minimum Gasteiger partial charge on any atom is -0.490 e. The van der Waals surface area contributed by atoms with Crippen LogP contribution in [-0.2, 0) is 22.4 Å². The van der Waals surface area contributed by atoms with E-state index >= 15 is 0 Å². The summed E-state index contributed by atoms with van der Waals surface area (Å²) in [5.41, 5.74) is 1.68. The first-order valence-electron chi connectivity index (χ1n) is 10.1. The van der Waals surface area contributed by atoms with Gasteiger partial charge < -0.3 is 19.5 Å². The van der Waals surface area contributed by atoms with E-state index in [4.69, 9.17) is 25.8 Å². The summed E-state index contributed by atoms with van der Waals surface area (Å²) in [6.45, 7) is 4.12. The molecule has 3 rings (SSSR count). The molecule has 0 aliphatic heterocycles. The van der Waals surface area contributed by atoms with Crippen molar-refractivity contribution in [2.24, 2.45) is 0 Å². The van der Waals surface area contributed by atoms with Crippen LogP contribution in [0.2, 0.25) is 5.02 Å². The molecule has 1 aromatic carbocycles. The SMILES string of the molecule is CCCOc1c(Cl)cc(C(=O)OCC(=O)Nc2sc3c(c2C#N)CCC3)cc1OCC. The molecule has 0 saturated carbocycles. The topological polar surface area (TPSA) is 97.6 Å². The van der Waals surface area contributed by atoms with Gasteiger partial charge in [0.25, 0.3) is 5.91 Å². The number of hydrogen-bond acceptors (Lipinski definition) is 7. The van der Waals surface area contributed by atoms with Gasteiger partial charge in [-0.25, -0.2) is 4.79 Å². The summed E-state index contributed by atoms with van der Waals surface area (Å²) in [5, 5.41) is 12.8. The van der Waals surface area contributed by atoms with Crippen molar-refractivity contribution in [3.63, 3.8) is 0 Å². The molecule has 31 heavy (non-hydrogen) atoms. The summed E-state index contributed by atoms with van der Waals surface area (Å²) in [4.78, 5) is 25.9. The maximum Gasteiger partial charge on any atom is 0.338 e. The van der Waals surface area contributed by atoms with Gasteiger partial charge in [0.05, 0.1) is 29.4 Å². The first-order chi connectivity index (χ1) is 15.0. The molecule has 1 N–H and O–H groups in total. The van der Waals surface area contributed by atoms with E-state index < -0.39 is 18.5 Å². The third kappa shape index (κ3) is 5.30. The van der Waals surface area contributed by atoms with Crippen LogP contribution in [0.15, 0.2) is 12.1 Å². The third-order valence-corrected chi connectivity index (χ3v) is 6.10. The number of aryl methyl sites for hydroxylation is 1. The van der Waals surface area contributed by atoms with Crippen molar-refractivity contribution in [3.8, 4) is 17.6 Å². The van der Waals surface area contributed by atoms with E-state index in [1.165, 1.54) is 23.5 Å². The van der Waals surface area contributed by atoms with E-state index in [0.717, 1.165) is 36.1 Å². The van der Waals surface area contributed by atoms with Crippen molar-refractivity contribution < 1.29 is 23.8 Å². The van der Waals surface area contributed by atoms with Gasteiger partial charge in [-0.15, -0.1) is 11.3 Å². The fourth-order valence-electron chi connectivity index (χ4n) is 3.28. The summed E-state index contributed by atoms with van der Waals surface area (Å²) in [6, 6.07) is 5.07. The van der Waals surface area contributed by atoms with Crippen molar-refractivity contribution in [2.75, 3.05) is 25.1 Å². The standard InChI is InChI=1S/C22H23ClN2O5S/c1-3-8-29-20-16(23)9-13(10-17(20)28-4-2)22(27)30-12-19(26)25-21-15(11-24)14-6-5-7-18(14)31-21/h9-10H,3-8,12H2,1-2H3,(H,25,26). The summed E-state index contributed by atoms with van der Waals surface area (Å²) < 4.78 is 16.3. The lowest BCUT2D eigenvalue weighted by Gasteiger charge is -2.14. The molecule has 1 aromatic heterocycles. The smallest absolute Gasteiger partial charge is 0.338 e. The quantitative estimate of drug-likeness (QED) is 0.540. The maximum atomic E-state index is 12.5. The lowest BCUT2D eigenvalue weighted by atomic mass is 10.1. The molecule has 9 heteroatoms. The van der Waals surface area contributed by atoms with Crippen LogP contribution < -0.4 is 14.8 Å². The number of carbonyl (C=O) groups excluding carboxylic acids is 2. The predicted molar refractivity (Wildman–Crippen MR) is 118 cm³/mol. The van der Waals surface area contributed by atoms with Gasteiger partial charge in [0.2, 0.25) is 0 Å². The van der Waals surface area contributed by atoms with Crippen molar-refractivity contribution in [1.29, 1.82) is 5.26 Å². The average Bonchev–Trinajstić information content (AvgIpc) is 3.32. The molecule has 1 heterocycles. The second-order valence-corrected chi connectivity index (χ2v) is 8.38. The van der Waals surface area contributed by atoms with Crippen LogP contribution in [0.4, 0.5) is 5.00 Å². The fourth-order valence-corrected chi connectivity index (χ4v) is 4.80. The normalized spacial score (nSPS) is 12.1. The van der Waals surface area contributed by atoms with Crippen LogP contribution in [0, 0.1) is 11.3 Å². The first kappa shape index (κ1) is 22.9. The Labute approximate surface area is 189 Å². The lowest BCUT2D eigenvalue weighted by Crippen LogP contribution is -2.21. The van der Waals surface area contributed by atoms with Crippen LogP contribution in [0.1, 0.15) is 53.1 Å². The van der Waals surface area contributed by atoms with Crippen LogP contribution in [0.25, 0.3) is 0 Å². The van der Waals surface area contributed by atoms with E-state index in [1.54, 1.807) is 0 Å². The second kappa shape index (κ2) is 10.5. The fraction of sp³-hybridized carbons (Fsp3) is 0.409. The van der Waals surface area contributed by atoms with E-state index in [-0.39, 0.29) is 10.6 Å². The Hall–Kier alpha value is -2.76. The molecular weight excluding hydrogens is 440 g/mol. The number of halogens is 1. The number of rotatable bonds is 9. The summed E-state index contributed by atoms with van der Waals surface area (Å²) in [6.07, 6.45) is 3.58. The van der Waals surface area contributed by atoms with E-state index in [0.29, 0.717) is 35.3 Å².